The Morgan fingerprint density at radius 2 is 1.35 bits per heavy atom. The average molecular weight is 282 g/mol. The Hall–Kier alpha value is -1.73. The largest absolute Gasteiger partial charge is 0.181 e. The van der Waals surface area contributed by atoms with Gasteiger partial charge < -0.3 is 0 Å². The highest BCUT2D eigenvalue weighted by atomic mass is 32.3. The van der Waals surface area contributed by atoms with E-state index < -0.39 is 10.0 Å². The van der Waals surface area contributed by atoms with Crippen molar-refractivity contribution in [2.24, 2.45) is 0 Å². The molecule has 0 spiro atoms. The minimum absolute atomic E-state index is 1.02. The number of benzene rings is 2. The zero-order chi connectivity index (χ0) is 14.3. The van der Waals surface area contributed by atoms with Crippen LogP contribution in [0.4, 0.5) is 0 Å². The Kier molecular flexibility index (Phi) is 5.25. The molecular formula is C19H22S. The van der Waals surface area contributed by atoms with Gasteiger partial charge in [0.25, 0.3) is 0 Å². The van der Waals surface area contributed by atoms with E-state index in [0.29, 0.717) is 0 Å². The summed E-state index contributed by atoms with van der Waals surface area (Å²) in [7, 11) is -1.07. The van der Waals surface area contributed by atoms with Crippen molar-refractivity contribution >= 4 is 10.0 Å². The Morgan fingerprint density at radius 3 is 1.75 bits per heavy atom. The molecule has 0 aliphatic rings. The van der Waals surface area contributed by atoms with Crippen LogP contribution in [0.15, 0.2) is 95.3 Å². The quantitative estimate of drug-likeness (QED) is 0.599. The monoisotopic (exact) mass is 282 g/mol. The van der Waals surface area contributed by atoms with Gasteiger partial charge in [0.15, 0.2) is 0 Å². The predicted octanol–water partition coefficient (Wildman–Crippen LogP) is 5.67. The summed E-state index contributed by atoms with van der Waals surface area (Å²) in [5.74, 6) is 2.09. The molecular weight excluding hydrogens is 260 g/mol. The van der Waals surface area contributed by atoms with Crippen molar-refractivity contribution in [3.05, 3.63) is 85.5 Å². The van der Waals surface area contributed by atoms with Crippen molar-refractivity contribution in [1.82, 2.24) is 0 Å². The van der Waals surface area contributed by atoms with Crippen LogP contribution >= 0.6 is 10.0 Å². The molecule has 0 bridgehead atoms. The summed E-state index contributed by atoms with van der Waals surface area (Å²) in [4.78, 5) is 2.87. The molecule has 0 unspecified atom stereocenters. The molecule has 0 nitrogen and oxygen atoms in total. The molecule has 2 aromatic rings. The van der Waals surface area contributed by atoms with Crippen LogP contribution in [0.3, 0.4) is 0 Å². The van der Waals surface area contributed by atoms with Crippen molar-refractivity contribution in [3.8, 4) is 0 Å². The topological polar surface area (TPSA) is 0 Å². The van der Waals surface area contributed by atoms with Gasteiger partial charge in [-0.1, -0.05) is 54.6 Å². The van der Waals surface area contributed by atoms with E-state index in [1.807, 2.05) is 0 Å². The van der Waals surface area contributed by atoms with Crippen molar-refractivity contribution in [3.63, 3.8) is 0 Å². The Balaban J connectivity index is 2.59. The van der Waals surface area contributed by atoms with Crippen LogP contribution in [0.25, 0.3) is 0 Å². The maximum absolute atomic E-state index is 4.00. The molecule has 2 rings (SSSR count). The lowest BCUT2D eigenvalue weighted by Crippen LogP contribution is -2.09. The van der Waals surface area contributed by atoms with Gasteiger partial charge in [0, 0.05) is 11.5 Å². The van der Waals surface area contributed by atoms with E-state index in [9.17, 15) is 0 Å². The standard InChI is InChI=1S/C19H22S/c1-3-5-17-20(16-4-2,18-12-8-6-9-13-18)19-14-10-7-11-15-19/h3-15H,2,16-17H2,1H3/b5-3-. The second-order valence-corrected chi connectivity index (χ2v) is 8.08. The molecule has 0 heterocycles. The molecule has 0 aromatic heterocycles. The molecule has 0 saturated carbocycles. The molecule has 0 atom stereocenters. The normalized spacial score (nSPS) is 12.4. The zero-order valence-corrected chi connectivity index (χ0v) is 12.9. The van der Waals surface area contributed by atoms with Gasteiger partial charge in [-0.3, -0.25) is 0 Å². The minimum atomic E-state index is -1.07. The molecule has 0 N–H and O–H groups in total. The fraction of sp³-hybridized carbons (Fsp3) is 0.158. The third-order valence-corrected chi connectivity index (χ3v) is 7.32. The summed E-state index contributed by atoms with van der Waals surface area (Å²) in [6.07, 6.45) is 6.51. The number of hydrogen-bond acceptors (Lipinski definition) is 0. The summed E-state index contributed by atoms with van der Waals surface area (Å²) in [5, 5.41) is 0. The maximum Gasteiger partial charge on any atom is 0.00348 e. The zero-order valence-electron chi connectivity index (χ0n) is 12.0. The third-order valence-electron chi connectivity index (χ3n) is 3.41. The van der Waals surface area contributed by atoms with E-state index in [2.05, 4.69) is 92.4 Å². The van der Waals surface area contributed by atoms with E-state index >= 15 is 0 Å². The van der Waals surface area contributed by atoms with Crippen LogP contribution in [0.1, 0.15) is 6.92 Å². The summed E-state index contributed by atoms with van der Waals surface area (Å²) in [6, 6.07) is 21.8. The first kappa shape index (κ1) is 14.7. The van der Waals surface area contributed by atoms with Gasteiger partial charge in [0.1, 0.15) is 0 Å². The van der Waals surface area contributed by atoms with Crippen molar-refractivity contribution < 1.29 is 0 Å². The van der Waals surface area contributed by atoms with Crippen LogP contribution in [0, 0.1) is 0 Å². The van der Waals surface area contributed by atoms with Crippen LogP contribution in [-0.4, -0.2) is 11.5 Å². The molecule has 0 fully saturated rings. The third kappa shape index (κ3) is 3.05. The molecule has 104 valence electrons. The van der Waals surface area contributed by atoms with Crippen molar-refractivity contribution in [2.75, 3.05) is 11.5 Å². The fourth-order valence-corrected chi connectivity index (χ4v) is 5.87. The summed E-state index contributed by atoms with van der Waals surface area (Å²) < 4.78 is 0. The summed E-state index contributed by atoms with van der Waals surface area (Å²) in [5.41, 5.74) is 0. The smallest absolute Gasteiger partial charge is 0.00348 e. The van der Waals surface area contributed by atoms with Gasteiger partial charge in [-0.2, -0.15) is 10.0 Å². The van der Waals surface area contributed by atoms with Crippen LogP contribution in [0.5, 0.6) is 0 Å². The Morgan fingerprint density at radius 1 is 0.850 bits per heavy atom. The highest BCUT2D eigenvalue weighted by molar-refractivity contribution is 8.34. The molecule has 20 heavy (non-hydrogen) atoms. The highest BCUT2D eigenvalue weighted by Gasteiger charge is 2.25. The lowest BCUT2D eigenvalue weighted by molar-refractivity contribution is 1.32. The minimum Gasteiger partial charge on any atom is -0.181 e. The number of allylic oxidation sites excluding steroid dienone is 1. The van der Waals surface area contributed by atoms with Gasteiger partial charge in [-0.05, 0) is 41.0 Å². The summed E-state index contributed by atoms with van der Waals surface area (Å²) in [6.45, 7) is 6.09. The second-order valence-electron chi connectivity index (χ2n) is 4.70. The van der Waals surface area contributed by atoms with E-state index in [0.717, 1.165) is 11.5 Å². The molecule has 0 aliphatic heterocycles. The summed E-state index contributed by atoms with van der Waals surface area (Å²) >= 11 is 0. The first-order chi connectivity index (χ1) is 9.83. The van der Waals surface area contributed by atoms with Gasteiger partial charge in [-0.15, -0.1) is 6.58 Å². The Labute approximate surface area is 124 Å². The maximum atomic E-state index is 4.00. The molecule has 0 radical (unpaired) electrons. The van der Waals surface area contributed by atoms with E-state index in [1.54, 1.807) is 0 Å². The molecule has 0 saturated heterocycles. The molecule has 2 aromatic carbocycles. The van der Waals surface area contributed by atoms with E-state index in [1.165, 1.54) is 9.79 Å². The van der Waals surface area contributed by atoms with Gasteiger partial charge >= 0.3 is 0 Å². The number of hydrogen-bond donors (Lipinski definition) is 0. The lowest BCUT2D eigenvalue weighted by atomic mass is 10.4. The van der Waals surface area contributed by atoms with Gasteiger partial charge in [-0.25, -0.2) is 0 Å². The van der Waals surface area contributed by atoms with E-state index in [-0.39, 0.29) is 0 Å². The Bertz CT molecular complexity index is 515. The van der Waals surface area contributed by atoms with Gasteiger partial charge in [0.2, 0.25) is 0 Å². The van der Waals surface area contributed by atoms with Crippen LogP contribution in [-0.2, 0) is 0 Å². The first-order valence-corrected chi connectivity index (χ1v) is 8.91. The van der Waals surface area contributed by atoms with Crippen molar-refractivity contribution in [2.45, 2.75) is 16.7 Å². The molecule has 0 aliphatic carbocycles. The SMILES string of the molecule is C=CCS(C/C=C\C)(c1ccccc1)c1ccccc1. The van der Waals surface area contributed by atoms with Gasteiger partial charge in [0.05, 0.1) is 0 Å². The van der Waals surface area contributed by atoms with E-state index in [4.69, 9.17) is 0 Å². The average Bonchev–Trinajstić information content (AvgIpc) is 2.53. The predicted molar refractivity (Wildman–Crippen MR) is 91.8 cm³/mol. The molecule has 0 amide bonds. The van der Waals surface area contributed by atoms with Crippen LogP contribution in [0.2, 0.25) is 0 Å². The number of rotatable bonds is 6. The lowest BCUT2D eigenvalue weighted by Gasteiger charge is -2.39. The highest BCUT2D eigenvalue weighted by Crippen LogP contribution is 2.62. The van der Waals surface area contributed by atoms with Crippen LogP contribution < -0.4 is 0 Å². The molecule has 1 heteroatoms. The first-order valence-electron chi connectivity index (χ1n) is 6.94. The second kappa shape index (κ2) is 7.16. The fourth-order valence-electron chi connectivity index (χ4n) is 2.41. The van der Waals surface area contributed by atoms with Crippen molar-refractivity contribution in [1.29, 1.82) is 0 Å².